The summed E-state index contributed by atoms with van der Waals surface area (Å²) in [7, 11) is 3.29. The molecule has 7 heteroatoms. The van der Waals surface area contributed by atoms with Crippen LogP contribution in [0.2, 0.25) is 0 Å². The molecule has 1 aliphatic heterocycles. The number of furan rings is 1. The van der Waals surface area contributed by atoms with Gasteiger partial charge in [0.15, 0.2) is 0 Å². The Morgan fingerprint density at radius 3 is 2.62 bits per heavy atom. The lowest BCUT2D eigenvalue weighted by atomic mass is 10.1. The summed E-state index contributed by atoms with van der Waals surface area (Å²) in [4.78, 5) is 14.5. The Kier molecular flexibility index (Phi) is 5.68. The number of hydrogen-bond acceptors (Lipinski definition) is 6. The number of amides is 1. The number of carbonyl (C=O) groups is 1. The van der Waals surface area contributed by atoms with Crippen molar-refractivity contribution in [2.24, 2.45) is 11.7 Å². The van der Waals surface area contributed by atoms with Crippen LogP contribution >= 0.6 is 0 Å². The molecule has 1 amide bonds. The number of anilines is 1. The van der Waals surface area contributed by atoms with Crippen molar-refractivity contribution >= 4 is 11.6 Å². The van der Waals surface area contributed by atoms with E-state index in [1.54, 1.807) is 20.3 Å². The lowest BCUT2D eigenvalue weighted by Crippen LogP contribution is -2.30. The smallest absolute Gasteiger partial charge is 0.254 e. The molecule has 1 aromatic heterocycles. The second-order valence-electron chi connectivity index (χ2n) is 6.39. The molecule has 0 bridgehead atoms. The standard InChI is InChI=1S/C19H25N3O4/c1-24-16-6-15(7-17(8-16)25-2)22-4-3-13(11-22)10-21-19(23)14-5-18(9-20)26-12-14/h5-8,12-13H,3-4,9-11,20H2,1-2H3,(H,21,23). The van der Waals surface area contributed by atoms with Gasteiger partial charge in [-0.3, -0.25) is 4.79 Å². The van der Waals surface area contributed by atoms with Crippen LogP contribution in [-0.4, -0.2) is 39.8 Å². The minimum atomic E-state index is -0.130. The maximum absolute atomic E-state index is 12.2. The van der Waals surface area contributed by atoms with Gasteiger partial charge in [0.05, 0.1) is 26.3 Å². The van der Waals surface area contributed by atoms with Crippen LogP contribution in [-0.2, 0) is 6.54 Å². The number of ether oxygens (including phenoxy) is 2. The zero-order chi connectivity index (χ0) is 18.5. The number of methoxy groups -OCH3 is 2. The Hall–Kier alpha value is -2.67. The second kappa shape index (κ2) is 8.14. The van der Waals surface area contributed by atoms with Gasteiger partial charge in [-0.05, 0) is 18.4 Å². The van der Waals surface area contributed by atoms with E-state index in [1.165, 1.54) is 6.26 Å². The minimum absolute atomic E-state index is 0.130. The van der Waals surface area contributed by atoms with Crippen LogP contribution in [0.1, 0.15) is 22.5 Å². The summed E-state index contributed by atoms with van der Waals surface area (Å²) in [6, 6.07) is 7.54. The van der Waals surface area contributed by atoms with Gasteiger partial charge < -0.3 is 29.8 Å². The highest BCUT2D eigenvalue weighted by molar-refractivity contribution is 5.93. The quantitative estimate of drug-likeness (QED) is 0.786. The molecule has 1 atom stereocenters. The molecule has 1 aliphatic rings. The molecule has 3 rings (SSSR count). The van der Waals surface area contributed by atoms with Gasteiger partial charge in [0, 0.05) is 43.5 Å². The van der Waals surface area contributed by atoms with Crippen molar-refractivity contribution < 1.29 is 18.7 Å². The Balaban J connectivity index is 1.56. The molecule has 0 saturated carbocycles. The zero-order valence-electron chi connectivity index (χ0n) is 15.2. The summed E-state index contributed by atoms with van der Waals surface area (Å²) in [5.41, 5.74) is 7.08. The van der Waals surface area contributed by atoms with E-state index < -0.39 is 0 Å². The Morgan fingerprint density at radius 2 is 2.00 bits per heavy atom. The molecular weight excluding hydrogens is 334 g/mol. The number of carbonyl (C=O) groups excluding carboxylic acids is 1. The van der Waals surface area contributed by atoms with Gasteiger partial charge in [0.25, 0.3) is 5.91 Å². The first-order valence-corrected chi connectivity index (χ1v) is 8.66. The van der Waals surface area contributed by atoms with Crippen LogP contribution in [0.15, 0.2) is 34.9 Å². The summed E-state index contributed by atoms with van der Waals surface area (Å²) in [5, 5.41) is 2.98. The Bertz CT molecular complexity index is 737. The van der Waals surface area contributed by atoms with Gasteiger partial charge in [-0.1, -0.05) is 0 Å². The number of nitrogens with two attached hydrogens (primary N) is 1. The van der Waals surface area contributed by atoms with E-state index in [-0.39, 0.29) is 12.5 Å². The Morgan fingerprint density at radius 1 is 1.27 bits per heavy atom. The maximum Gasteiger partial charge on any atom is 0.254 e. The highest BCUT2D eigenvalue weighted by Crippen LogP contribution is 2.31. The van der Waals surface area contributed by atoms with Crippen molar-refractivity contribution in [3.05, 3.63) is 41.9 Å². The molecule has 2 aromatic rings. The fraction of sp³-hybridized carbons (Fsp3) is 0.421. The molecule has 1 aromatic carbocycles. The molecule has 0 aliphatic carbocycles. The zero-order valence-corrected chi connectivity index (χ0v) is 15.2. The van der Waals surface area contributed by atoms with Crippen LogP contribution in [0.5, 0.6) is 11.5 Å². The van der Waals surface area contributed by atoms with Crippen LogP contribution in [0.4, 0.5) is 5.69 Å². The molecule has 2 heterocycles. The van der Waals surface area contributed by atoms with Gasteiger partial charge in [-0.15, -0.1) is 0 Å². The van der Waals surface area contributed by atoms with Gasteiger partial charge in [-0.25, -0.2) is 0 Å². The highest BCUT2D eigenvalue weighted by atomic mass is 16.5. The maximum atomic E-state index is 12.2. The van der Waals surface area contributed by atoms with E-state index in [2.05, 4.69) is 10.2 Å². The molecule has 0 spiro atoms. The molecule has 26 heavy (non-hydrogen) atoms. The monoisotopic (exact) mass is 359 g/mol. The van der Waals surface area contributed by atoms with E-state index in [0.29, 0.717) is 23.8 Å². The van der Waals surface area contributed by atoms with E-state index in [0.717, 1.165) is 36.7 Å². The van der Waals surface area contributed by atoms with Crippen molar-refractivity contribution in [1.82, 2.24) is 5.32 Å². The summed E-state index contributed by atoms with van der Waals surface area (Å²) < 4.78 is 15.9. The van der Waals surface area contributed by atoms with Crippen molar-refractivity contribution in [1.29, 1.82) is 0 Å². The molecule has 0 radical (unpaired) electrons. The first-order chi connectivity index (χ1) is 12.6. The van der Waals surface area contributed by atoms with Crippen molar-refractivity contribution in [3.63, 3.8) is 0 Å². The van der Waals surface area contributed by atoms with Crippen LogP contribution in [0.25, 0.3) is 0 Å². The SMILES string of the molecule is COc1cc(OC)cc(N2CCC(CNC(=O)c3coc(CN)c3)C2)c1. The summed E-state index contributed by atoms with van der Waals surface area (Å²) in [6.45, 7) is 2.71. The number of nitrogens with zero attached hydrogens (tertiary/aromatic N) is 1. The first kappa shape index (κ1) is 18.1. The van der Waals surface area contributed by atoms with Crippen molar-refractivity contribution in [3.8, 4) is 11.5 Å². The van der Waals surface area contributed by atoms with Crippen molar-refractivity contribution in [2.45, 2.75) is 13.0 Å². The lowest BCUT2D eigenvalue weighted by molar-refractivity contribution is 0.0947. The molecule has 1 fully saturated rings. The van der Waals surface area contributed by atoms with E-state index in [1.807, 2.05) is 18.2 Å². The largest absolute Gasteiger partial charge is 0.497 e. The third-order valence-electron chi connectivity index (χ3n) is 4.66. The lowest BCUT2D eigenvalue weighted by Gasteiger charge is -2.20. The predicted molar refractivity (Wildman–Crippen MR) is 98.8 cm³/mol. The molecule has 140 valence electrons. The van der Waals surface area contributed by atoms with Gasteiger partial charge in [0.1, 0.15) is 23.5 Å². The van der Waals surface area contributed by atoms with E-state index >= 15 is 0 Å². The van der Waals surface area contributed by atoms with E-state index in [9.17, 15) is 4.79 Å². The molecule has 1 unspecified atom stereocenters. The topological polar surface area (TPSA) is 90.0 Å². The van der Waals surface area contributed by atoms with Gasteiger partial charge >= 0.3 is 0 Å². The van der Waals surface area contributed by atoms with Crippen molar-refractivity contribution in [2.75, 3.05) is 38.8 Å². The molecule has 1 saturated heterocycles. The van der Waals surface area contributed by atoms with Gasteiger partial charge in [0.2, 0.25) is 0 Å². The number of nitrogens with one attached hydrogen (secondary N) is 1. The fourth-order valence-electron chi connectivity index (χ4n) is 3.15. The highest BCUT2D eigenvalue weighted by Gasteiger charge is 2.24. The summed E-state index contributed by atoms with van der Waals surface area (Å²) in [6.07, 6.45) is 2.46. The molecule has 7 nitrogen and oxygen atoms in total. The minimum Gasteiger partial charge on any atom is -0.497 e. The summed E-state index contributed by atoms with van der Waals surface area (Å²) in [5.74, 6) is 2.40. The first-order valence-electron chi connectivity index (χ1n) is 8.66. The summed E-state index contributed by atoms with van der Waals surface area (Å²) >= 11 is 0. The second-order valence-corrected chi connectivity index (χ2v) is 6.39. The predicted octanol–water partition coefficient (Wildman–Crippen LogP) is 2.01. The normalized spacial score (nSPS) is 16.6. The Labute approximate surface area is 153 Å². The van der Waals surface area contributed by atoms with E-state index in [4.69, 9.17) is 19.6 Å². The fourth-order valence-corrected chi connectivity index (χ4v) is 3.15. The number of benzene rings is 1. The molecular formula is C19H25N3O4. The third-order valence-corrected chi connectivity index (χ3v) is 4.66. The third kappa shape index (κ3) is 4.11. The average molecular weight is 359 g/mol. The van der Waals surface area contributed by atoms with Crippen LogP contribution in [0, 0.1) is 5.92 Å². The van der Waals surface area contributed by atoms with Crippen LogP contribution in [0.3, 0.4) is 0 Å². The van der Waals surface area contributed by atoms with Gasteiger partial charge in [-0.2, -0.15) is 0 Å². The average Bonchev–Trinajstić information content (AvgIpc) is 3.35. The molecule has 3 N–H and O–H groups in total. The number of hydrogen-bond donors (Lipinski definition) is 2. The number of rotatable bonds is 7. The van der Waals surface area contributed by atoms with Crippen LogP contribution < -0.4 is 25.4 Å².